The molecule has 0 radical (unpaired) electrons. The topological polar surface area (TPSA) is 79.4 Å². The lowest BCUT2D eigenvalue weighted by Crippen LogP contribution is -2.31. The number of carbonyl (C=O) groups is 1. The number of carbonyl (C=O) groups excluding carboxylic acids is 1. The fraction of sp³-hybridized carbons (Fsp3) is 0.182. The van der Waals surface area contributed by atoms with Crippen molar-refractivity contribution in [1.82, 2.24) is 4.98 Å². The Morgan fingerprint density at radius 1 is 1.06 bits per heavy atom. The van der Waals surface area contributed by atoms with Crippen LogP contribution in [0.3, 0.4) is 0 Å². The molecule has 6 nitrogen and oxygen atoms in total. The van der Waals surface area contributed by atoms with Crippen LogP contribution in [0, 0.1) is 11.6 Å². The Kier molecular flexibility index (Phi) is 5.51. The smallest absolute Gasteiger partial charge is 0.266 e. The van der Waals surface area contributed by atoms with Crippen LogP contribution in [0.2, 0.25) is 15.1 Å². The zero-order valence-corrected chi connectivity index (χ0v) is 20.2. The summed E-state index contributed by atoms with van der Waals surface area (Å²) in [5, 5.41) is 0.592. The van der Waals surface area contributed by atoms with Gasteiger partial charge in [0.05, 0.1) is 28.2 Å². The van der Waals surface area contributed by atoms with Gasteiger partial charge in [-0.1, -0.05) is 34.8 Å². The fourth-order valence-corrected chi connectivity index (χ4v) is 6.02. The number of aromatic nitrogens is 1. The first kappa shape index (κ1) is 23.3. The number of fused-ring (bicyclic) bond motifs is 2. The minimum atomic E-state index is -4.41. The summed E-state index contributed by atoms with van der Waals surface area (Å²) >= 11 is 18.9. The van der Waals surface area contributed by atoms with Crippen LogP contribution in [0.5, 0.6) is 0 Å². The predicted octanol–water partition coefficient (Wildman–Crippen LogP) is 5.70. The maximum absolute atomic E-state index is 14.9. The van der Waals surface area contributed by atoms with Gasteiger partial charge in [0.2, 0.25) is 5.91 Å². The molecule has 2 heterocycles. The Hall–Kier alpha value is -2.46. The Bertz CT molecular complexity index is 1460. The predicted molar refractivity (Wildman–Crippen MR) is 125 cm³/mol. The van der Waals surface area contributed by atoms with Gasteiger partial charge in [-0.25, -0.2) is 22.2 Å². The molecule has 1 aliphatic heterocycles. The lowest BCUT2D eigenvalue weighted by Gasteiger charge is -2.20. The van der Waals surface area contributed by atoms with Gasteiger partial charge in [-0.3, -0.25) is 9.52 Å². The maximum atomic E-state index is 14.9. The molecule has 1 aromatic heterocycles. The third-order valence-electron chi connectivity index (χ3n) is 5.93. The average Bonchev–Trinajstić information content (AvgIpc) is 3.54. The number of benzene rings is 2. The molecule has 0 bridgehead atoms. The molecule has 0 saturated heterocycles. The number of amides is 1. The summed E-state index contributed by atoms with van der Waals surface area (Å²) in [6.07, 6.45) is 2.07. The van der Waals surface area contributed by atoms with Crippen molar-refractivity contribution in [2.45, 2.75) is 29.7 Å². The second kappa shape index (κ2) is 8.05. The van der Waals surface area contributed by atoms with Crippen LogP contribution in [0.25, 0.3) is 0 Å². The molecule has 1 N–H and O–H groups in total. The first-order chi connectivity index (χ1) is 16.0. The molecular formula is C22H14Cl3F2N3O3S. The molecule has 12 heteroatoms. The lowest BCUT2D eigenvalue weighted by atomic mass is 9.98. The molecule has 2 aromatic carbocycles. The molecule has 0 atom stereocenters. The highest BCUT2D eigenvalue weighted by Gasteiger charge is 2.60. The largest absolute Gasteiger partial charge is 0.307 e. The Morgan fingerprint density at radius 3 is 2.44 bits per heavy atom. The zero-order valence-electron chi connectivity index (χ0n) is 17.1. The standard InChI is InChI=1S/C22H14Cl3F2N3O3S/c23-13-2-3-16-19(20(13)25)22(5-6-22)21(31)30(16)10-11-7-15(27)17(8-14(11)24)34(32,33)29-18-4-1-12(26)9-28-18/h1-4,7-9H,5-6,10H2,(H,28,29). The molecule has 2 aliphatic rings. The van der Waals surface area contributed by atoms with E-state index in [9.17, 15) is 22.0 Å². The number of nitrogens with zero attached hydrogens (tertiary/aromatic N) is 2. The molecule has 1 aliphatic carbocycles. The van der Waals surface area contributed by atoms with Gasteiger partial charge >= 0.3 is 0 Å². The first-order valence-electron chi connectivity index (χ1n) is 9.96. The van der Waals surface area contributed by atoms with Crippen LogP contribution in [0.15, 0.2) is 47.5 Å². The molecular weight excluding hydrogens is 531 g/mol. The first-order valence-corrected chi connectivity index (χ1v) is 12.6. The lowest BCUT2D eigenvalue weighted by molar-refractivity contribution is -0.120. The van der Waals surface area contributed by atoms with Gasteiger partial charge in [-0.05, 0) is 54.8 Å². The summed E-state index contributed by atoms with van der Waals surface area (Å²) in [4.78, 5) is 17.6. The van der Waals surface area contributed by atoms with Crippen LogP contribution in [-0.2, 0) is 26.8 Å². The van der Waals surface area contributed by atoms with Gasteiger partial charge in [-0.2, -0.15) is 0 Å². The third kappa shape index (κ3) is 3.71. The Labute approximate surface area is 208 Å². The van der Waals surface area contributed by atoms with Crippen molar-refractivity contribution in [3.63, 3.8) is 0 Å². The molecule has 1 spiro atoms. The highest BCUT2D eigenvalue weighted by atomic mass is 35.5. The van der Waals surface area contributed by atoms with Crippen molar-refractivity contribution >= 4 is 62.2 Å². The summed E-state index contributed by atoms with van der Waals surface area (Å²) in [5.74, 6) is -2.11. The van der Waals surface area contributed by atoms with Gasteiger partial charge < -0.3 is 4.90 Å². The number of anilines is 2. The van der Waals surface area contributed by atoms with Crippen LogP contribution in [0.1, 0.15) is 24.0 Å². The molecule has 1 saturated carbocycles. The van der Waals surface area contributed by atoms with E-state index in [0.717, 1.165) is 30.5 Å². The number of nitrogens with one attached hydrogen (secondary N) is 1. The van der Waals surface area contributed by atoms with E-state index < -0.39 is 32.0 Å². The SMILES string of the molecule is O=C1N(Cc2cc(F)c(S(=O)(=O)Nc3ccc(F)cn3)cc2Cl)c2ccc(Cl)c(Cl)c2C12CC2. The number of halogens is 5. The van der Waals surface area contributed by atoms with Crippen molar-refractivity contribution in [3.8, 4) is 0 Å². The van der Waals surface area contributed by atoms with Crippen molar-refractivity contribution in [1.29, 1.82) is 0 Å². The minimum absolute atomic E-state index is 0.0556. The van der Waals surface area contributed by atoms with Gasteiger partial charge in [0.1, 0.15) is 22.3 Å². The summed E-state index contributed by atoms with van der Waals surface area (Å²) in [5.41, 5.74) is 0.686. The van der Waals surface area contributed by atoms with E-state index in [0.29, 0.717) is 34.1 Å². The molecule has 176 valence electrons. The summed E-state index contributed by atoms with van der Waals surface area (Å²) in [6, 6.07) is 7.30. The van der Waals surface area contributed by atoms with Crippen LogP contribution >= 0.6 is 34.8 Å². The second-order valence-electron chi connectivity index (χ2n) is 8.07. The molecule has 0 unspecified atom stereocenters. The van der Waals surface area contributed by atoms with Crippen molar-refractivity contribution in [2.24, 2.45) is 0 Å². The highest BCUT2D eigenvalue weighted by Crippen LogP contribution is 2.60. The quantitative estimate of drug-likeness (QED) is 0.447. The van der Waals surface area contributed by atoms with Crippen molar-refractivity contribution in [3.05, 3.63) is 80.4 Å². The van der Waals surface area contributed by atoms with Crippen LogP contribution < -0.4 is 9.62 Å². The summed E-state index contributed by atoms with van der Waals surface area (Å²) in [7, 11) is -4.41. The average molecular weight is 545 g/mol. The van der Waals surface area contributed by atoms with Gasteiger partial charge in [0.25, 0.3) is 10.0 Å². The van der Waals surface area contributed by atoms with E-state index in [1.54, 1.807) is 12.1 Å². The molecule has 3 aromatic rings. The Morgan fingerprint density at radius 2 is 1.79 bits per heavy atom. The molecule has 5 rings (SSSR count). The van der Waals surface area contributed by atoms with E-state index in [2.05, 4.69) is 9.71 Å². The normalized spacial score (nSPS) is 16.1. The number of rotatable bonds is 5. The van der Waals surface area contributed by atoms with Gasteiger partial charge in [0, 0.05) is 16.3 Å². The Balaban J connectivity index is 1.47. The fourth-order valence-electron chi connectivity index (χ4n) is 4.14. The van der Waals surface area contributed by atoms with Crippen LogP contribution in [-0.4, -0.2) is 19.3 Å². The van der Waals surface area contributed by atoms with E-state index in [4.69, 9.17) is 34.8 Å². The number of hydrogen-bond donors (Lipinski definition) is 1. The maximum Gasteiger partial charge on any atom is 0.266 e. The highest BCUT2D eigenvalue weighted by molar-refractivity contribution is 7.92. The molecule has 1 fully saturated rings. The van der Waals surface area contributed by atoms with Gasteiger partial charge in [-0.15, -0.1) is 0 Å². The van der Waals surface area contributed by atoms with E-state index in [-0.39, 0.29) is 28.9 Å². The summed E-state index contributed by atoms with van der Waals surface area (Å²) < 4.78 is 55.4. The van der Waals surface area contributed by atoms with Gasteiger partial charge in [0.15, 0.2) is 0 Å². The monoisotopic (exact) mass is 543 g/mol. The number of sulfonamides is 1. The van der Waals surface area contributed by atoms with Crippen molar-refractivity contribution < 1.29 is 22.0 Å². The third-order valence-corrected chi connectivity index (χ3v) is 8.46. The minimum Gasteiger partial charge on any atom is -0.307 e. The zero-order chi connectivity index (χ0) is 24.4. The number of pyridine rings is 1. The van der Waals surface area contributed by atoms with E-state index in [1.807, 2.05) is 0 Å². The molecule has 1 amide bonds. The molecule has 34 heavy (non-hydrogen) atoms. The number of hydrogen-bond acceptors (Lipinski definition) is 4. The second-order valence-corrected chi connectivity index (χ2v) is 10.9. The van der Waals surface area contributed by atoms with Crippen LogP contribution in [0.4, 0.5) is 20.3 Å². The van der Waals surface area contributed by atoms with Crippen molar-refractivity contribution in [2.75, 3.05) is 9.62 Å². The van der Waals surface area contributed by atoms with E-state index >= 15 is 0 Å². The van der Waals surface area contributed by atoms with E-state index in [1.165, 1.54) is 4.90 Å². The summed E-state index contributed by atoms with van der Waals surface area (Å²) in [6.45, 7) is -0.0887.